The molecule has 18 heavy (non-hydrogen) atoms. The summed E-state index contributed by atoms with van der Waals surface area (Å²) in [4.78, 5) is 16.3. The first-order chi connectivity index (χ1) is 8.15. The maximum Gasteiger partial charge on any atom is 0.228 e. The van der Waals surface area contributed by atoms with E-state index in [2.05, 4.69) is 15.6 Å². The van der Waals surface area contributed by atoms with Gasteiger partial charge in [0.1, 0.15) is 5.82 Å². The van der Waals surface area contributed by atoms with Crippen LogP contribution in [-0.4, -0.2) is 24.0 Å². The van der Waals surface area contributed by atoms with Gasteiger partial charge in [-0.1, -0.05) is 0 Å². The molecule has 2 heterocycles. The normalized spacial score (nSPS) is 15.9. The molecule has 0 saturated carbocycles. The number of nitrogens with zero attached hydrogens (tertiary/aromatic N) is 1. The summed E-state index contributed by atoms with van der Waals surface area (Å²) in [5, 5.41) is 6.17. The van der Waals surface area contributed by atoms with Crippen LogP contribution in [0.5, 0.6) is 0 Å². The lowest BCUT2D eigenvalue weighted by molar-refractivity contribution is -0.120. The van der Waals surface area contributed by atoms with Crippen molar-refractivity contribution in [3.8, 4) is 0 Å². The number of carbonyl (C=O) groups is 1. The van der Waals surface area contributed by atoms with E-state index in [0.29, 0.717) is 5.82 Å². The molecular weight excluding hydrogens is 250 g/mol. The minimum absolute atomic E-state index is 0. The van der Waals surface area contributed by atoms with Gasteiger partial charge in [0.2, 0.25) is 5.91 Å². The molecule has 1 aromatic rings. The Morgan fingerprint density at radius 3 is 2.61 bits per heavy atom. The van der Waals surface area contributed by atoms with Gasteiger partial charge in [-0.2, -0.15) is 0 Å². The van der Waals surface area contributed by atoms with Crippen LogP contribution in [0.25, 0.3) is 0 Å². The fraction of sp³-hybridized carbons (Fsp3) is 0.538. The number of halogens is 1. The van der Waals surface area contributed by atoms with Crippen LogP contribution in [0.15, 0.2) is 12.1 Å². The average Bonchev–Trinajstić information content (AvgIpc) is 2.28. The molecule has 1 aliphatic heterocycles. The second-order valence-corrected chi connectivity index (χ2v) is 4.68. The number of anilines is 1. The summed E-state index contributed by atoms with van der Waals surface area (Å²) < 4.78 is 0. The molecule has 1 saturated heterocycles. The Morgan fingerprint density at radius 2 is 2.00 bits per heavy atom. The van der Waals surface area contributed by atoms with Crippen LogP contribution in [-0.2, 0) is 4.79 Å². The van der Waals surface area contributed by atoms with Gasteiger partial charge < -0.3 is 10.6 Å². The predicted molar refractivity (Wildman–Crippen MR) is 75.2 cm³/mol. The van der Waals surface area contributed by atoms with E-state index in [9.17, 15) is 4.79 Å². The Morgan fingerprint density at radius 1 is 1.33 bits per heavy atom. The zero-order valence-corrected chi connectivity index (χ0v) is 11.6. The smallest absolute Gasteiger partial charge is 0.228 e. The van der Waals surface area contributed by atoms with Gasteiger partial charge in [-0.25, -0.2) is 4.98 Å². The molecule has 0 spiro atoms. The topological polar surface area (TPSA) is 54.0 Å². The molecule has 0 unspecified atom stereocenters. The van der Waals surface area contributed by atoms with Crippen molar-refractivity contribution < 1.29 is 4.79 Å². The third-order valence-electron chi connectivity index (χ3n) is 3.06. The van der Waals surface area contributed by atoms with Crippen molar-refractivity contribution in [2.24, 2.45) is 5.92 Å². The van der Waals surface area contributed by atoms with Crippen LogP contribution in [0.4, 0.5) is 5.82 Å². The predicted octanol–water partition coefficient (Wildman–Crippen LogP) is 2.06. The molecule has 0 radical (unpaired) electrons. The highest BCUT2D eigenvalue weighted by molar-refractivity contribution is 5.91. The molecule has 2 N–H and O–H groups in total. The summed E-state index contributed by atoms with van der Waals surface area (Å²) in [5.41, 5.74) is 2.06. The first-order valence-electron chi connectivity index (χ1n) is 6.12. The second kappa shape index (κ2) is 6.71. The number of hydrogen-bond donors (Lipinski definition) is 2. The van der Waals surface area contributed by atoms with Gasteiger partial charge in [0.25, 0.3) is 0 Å². The molecule has 1 amide bonds. The van der Waals surface area contributed by atoms with Crippen molar-refractivity contribution in [3.63, 3.8) is 0 Å². The molecule has 2 rings (SSSR count). The van der Waals surface area contributed by atoms with Crippen molar-refractivity contribution in [1.82, 2.24) is 10.3 Å². The van der Waals surface area contributed by atoms with Crippen molar-refractivity contribution in [3.05, 3.63) is 23.4 Å². The Kier molecular flexibility index (Phi) is 5.56. The lowest BCUT2D eigenvalue weighted by Crippen LogP contribution is -2.34. The van der Waals surface area contributed by atoms with Crippen molar-refractivity contribution >= 4 is 24.1 Å². The van der Waals surface area contributed by atoms with Gasteiger partial charge in [0.15, 0.2) is 0 Å². The average molecular weight is 270 g/mol. The quantitative estimate of drug-likeness (QED) is 0.864. The zero-order chi connectivity index (χ0) is 12.3. The molecule has 5 heteroatoms. The number of rotatable bonds is 2. The van der Waals surface area contributed by atoms with Gasteiger partial charge in [0.05, 0.1) is 0 Å². The zero-order valence-electron chi connectivity index (χ0n) is 10.8. The number of hydrogen-bond acceptors (Lipinski definition) is 3. The molecular formula is C13H20ClN3O. The minimum atomic E-state index is 0. The number of pyridine rings is 1. The van der Waals surface area contributed by atoms with E-state index in [0.717, 1.165) is 37.2 Å². The molecule has 0 atom stereocenters. The first-order valence-corrected chi connectivity index (χ1v) is 6.12. The summed E-state index contributed by atoms with van der Waals surface area (Å²) in [6, 6.07) is 3.91. The summed E-state index contributed by atoms with van der Waals surface area (Å²) in [6.07, 6.45) is 1.83. The molecule has 1 aromatic heterocycles. The van der Waals surface area contributed by atoms with E-state index in [1.54, 1.807) is 0 Å². The lowest BCUT2D eigenvalue weighted by Gasteiger charge is -2.21. The van der Waals surface area contributed by atoms with E-state index in [1.807, 2.05) is 26.0 Å². The van der Waals surface area contributed by atoms with Crippen LogP contribution in [0.1, 0.15) is 24.1 Å². The summed E-state index contributed by atoms with van der Waals surface area (Å²) in [6.45, 7) is 5.80. The van der Waals surface area contributed by atoms with Crippen LogP contribution >= 0.6 is 12.4 Å². The van der Waals surface area contributed by atoms with Crippen LogP contribution in [0.3, 0.4) is 0 Å². The third kappa shape index (κ3) is 3.96. The van der Waals surface area contributed by atoms with E-state index in [4.69, 9.17) is 0 Å². The molecule has 0 aliphatic carbocycles. The van der Waals surface area contributed by atoms with E-state index in [-0.39, 0.29) is 24.2 Å². The number of aromatic nitrogens is 1. The third-order valence-corrected chi connectivity index (χ3v) is 3.06. The van der Waals surface area contributed by atoms with Gasteiger partial charge >= 0.3 is 0 Å². The van der Waals surface area contributed by atoms with Crippen LogP contribution < -0.4 is 10.6 Å². The summed E-state index contributed by atoms with van der Waals surface area (Å²) in [5.74, 6) is 0.897. The van der Waals surface area contributed by atoms with Crippen LogP contribution in [0, 0.1) is 19.8 Å². The first kappa shape index (κ1) is 14.9. The molecule has 1 fully saturated rings. The fourth-order valence-electron chi connectivity index (χ4n) is 2.22. The highest BCUT2D eigenvalue weighted by atomic mass is 35.5. The highest BCUT2D eigenvalue weighted by Crippen LogP contribution is 2.15. The van der Waals surface area contributed by atoms with Gasteiger partial charge in [-0.15, -0.1) is 12.4 Å². The van der Waals surface area contributed by atoms with Gasteiger partial charge in [-0.05, 0) is 57.5 Å². The maximum atomic E-state index is 12.0. The Balaban J connectivity index is 0.00000162. The van der Waals surface area contributed by atoms with Crippen molar-refractivity contribution in [2.75, 3.05) is 18.4 Å². The van der Waals surface area contributed by atoms with E-state index < -0.39 is 0 Å². The van der Waals surface area contributed by atoms with Crippen molar-refractivity contribution in [2.45, 2.75) is 26.7 Å². The Labute approximate surface area is 114 Å². The minimum Gasteiger partial charge on any atom is -0.317 e. The number of carbonyl (C=O) groups excluding carboxylic acids is 1. The Hall–Kier alpha value is -1.13. The van der Waals surface area contributed by atoms with Crippen LogP contribution in [0.2, 0.25) is 0 Å². The largest absolute Gasteiger partial charge is 0.317 e. The number of aryl methyl sites for hydroxylation is 2. The summed E-state index contributed by atoms with van der Waals surface area (Å²) in [7, 11) is 0. The SMILES string of the molecule is Cc1cc(C)nc(NC(=O)C2CCNCC2)c1.Cl. The maximum absolute atomic E-state index is 12.0. The molecule has 0 bridgehead atoms. The summed E-state index contributed by atoms with van der Waals surface area (Å²) >= 11 is 0. The monoisotopic (exact) mass is 269 g/mol. The number of piperidine rings is 1. The lowest BCUT2D eigenvalue weighted by atomic mass is 9.97. The number of amides is 1. The standard InChI is InChI=1S/C13H19N3O.ClH/c1-9-7-10(2)15-12(8-9)16-13(17)11-3-5-14-6-4-11;/h7-8,11,14H,3-6H2,1-2H3,(H,15,16,17);1H. The number of nitrogens with one attached hydrogen (secondary N) is 2. The van der Waals surface area contributed by atoms with Crippen molar-refractivity contribution in [1.29, 1.82) is 0 Å². The van der Waals surface area contributed by atoms with Gasteiger partial charge in [-0.3, -0.25) is 4.79 Å². The fourth-order valence-corrected chi connectivity index (χ4v) is 2.22. The molecule has 0 aromatic carbocycles. The molecule has 100 valence electrons. The van der Waals surface area contributed by atoms with Gasteiger partial charge in [0, 0.05) is 11.6 Å². The Bertz CT molecular complexity index is 396. The molecule has 4 nitrogen and oxygen atoms in total. The van der Waals surface area contributed by atoms with E-state index in [1.165, 1.54) is 0 Å². The molecule has 1 aliphatic rings. The highest BCUT2D eigenvalue weighted by Gasteiger charge is 2.21. The second-order valence-electron chi connectivity index (χ2n) is 4.68. The van der Waals surface area contributed by atoms with E-state index >= 15 is 0 Å².